The standard InChI is InChI=1S/C9H7.C6H15OSi.C4H10N.CH3.CH2.2ClH.Zr/c1-2-5-9-7-3-6-8(9)4-1;1-5-6-7-8(2,3)4;1-4(2,3)5;;;;;/h1-7H;1,5-6H2,2-4H3;5H,1-3H3;1H3;1H2;2*1H;/q4*-1;;;;+2/p-2. The fourth-order valence-electron chi connectivity index (χ4n) is 1.45. The van der Waals surface area contributed by atoms with Crippen LogP contribution in [-0.2, 0) is 23.3 Å². The Morgan fingerprint density at radius 2 is 1.63 bits per heavy atom. The van der Waals surface area contributed by atoms with Crippen molar-refractivity contribution in [3.05, 3.63) is 62.5 Å². The minimum absolute atomic E-state index is 0. The third-order valence-corrected chi connectivity index (χ3v) is 3.30. The van der Waals surface area contributed by atoms with E-state index in [0.29, 0.717) is 0 Å². The largest absolute Gasteiger partial charge is 0.358 e. The zero-order chi connectivity index (χ0) is 20.8. The second-order valence-electron chi connectivity index (χ2n) is 7.56. The Hall–Kier alpha value is 0.300. The van der Waals surface area contributed by atoms with Gasteiger partial charge in [0.25, 0.3) is 0 Å². The Bertz CT molecular complexity index is 564. The Kier molecular flexibility index (Phi) is 20.4. The Morgan fingerprint density at radius 3 is 1.96 bits per heavy atom. The van der Waals surface area contributed by atoms with Crippen LogP contribution in [0.2, 0.25) is 19.6 Å². The quantitative estimate of drug-likeness (QED) is 0.303. The fourth-order valence-corrected chi connectivity index (χ4v) is 2.20. The van der Waals surface area contributed by atoms with Gasteiger partial charge in [0.15, 0.2) is 8.32 Å². The summed E-state index contributed by atoms with van der Waals surface area (Å²) in [5.74, 6) is 0. The van der Waals surface area contributed by atoms with Gasteiger partial charge >= 0.3 is 40.1 Å². The molecule has 0 fully saturated rings. The molecule has 2 aromatic carbocycles. The molecule has 0 spiro atoms. The molecule has 0 bridgehead atoms. The monoisotopic (exact) mass is 507 g/mol. The van der Waals surface area contributed by atoms with Gasteiger partial charge in [-0.2, -0.15) is 23.9 Å². The smallest absolute Gasteiger partial charge is 0.0809 e. The van der Waals surface area contributed by atoms with Crippen molar-refractivity contribution in [1.82, 2.24) is 0 Å². The van der Waals surface area contributed by atoms with Crippen molar-refractivity contribution in [2.24, 2.45) is 0 Å². The van der Waals surface area contributed by atoms with Crippen LogP contribution in [0.15, 0.2) is 42.5 Å². The third kappa shape index (κ3) is 31.2. The van der Waals surface area contributed by atoms with Crippen LogP contribution >= 0.6 is 17.0 Å². The van der Waals surface area contributed by atoms with Crippen molar-refractivity contribution in [3.63, 3.8) is 0 Å². The van der Waals surface area contributed by atoms with Gasteiger partial charge in [0.2, 0.25) is 0 Å². The van der Waals surface area contributed by atoms with Crippen molar-refractivity contribution in [1.29, 1.82) is 0 Å². The van der Waals surface area contributed by atoms with E-state index < -0.39 is 27.2 Å². The van der Waals surface area contributed by atoms with Crippen LogP contribution in [0.1, 0.15) is 27.2 Å². The molecule has 0 radical (unpaired) electrons. The van der Waals surface area contributed by atoms with Gasteiger partial charge in [-0.1, -0.05) is 26.8 Å². The van der Waals surface area contributed by atoms with Crippen LogP contribution in [0.4, 0.5) is 0 Å². The number of nitrogens with one attached hydrogen (secondary N) is 1. The van der Waals surface area contributed by atoms with Gasteiger partial charge < -0.3 is 24.5 Å². The van der Waals surface area contributed by atoms with E-state index in [1.54, 1.807) is 0 Å². The Labute approximate surface area is 184 Å². The number of hydrogen-bond donors (Lipinski definition) is 0. The van der Waals surface area contributed by atoms with Crippen LogP contribution in [0.5, 0.6) is 0 Å². The number of rotatable bonds is 3. The van der Waals surface area contributed by atoms with Gasteiger partial charge in [0, 0.05) is 6.61 Å². The average Bonchev–Trinajstić information content (AvgIpc) is 2.91. The van der Waals surface area contributed by atoms with Gasteiger partial charge in [0.05, 0.1) is 0 Å². The number of fused-ring (bicyclic) bond motifs is 1. The van der Waals surface area contributed by atoms with Crippen molar-refractivity contribution in [2.45, 2.75) is 52.4 Å². The first-order valence-corrected chi connectivity index (χ1v) is 20.0. The minimum Gasteiger partial charge on any atom is -0.358 e. The van der Waals surface area contributed by atoms with Gasteiger partial charge in [0.1, 0.15) is 0 Å². The topological polar surface area (TPSA) is 33.0 Å². The molecule has 158 valence electrons. The summed E-state index contributed by atoms with van der Waals surface area (Å²) in [4.78, 5) is 0. The van der Waals surface area contributed by atoms with E-state index in [1.807, 2.05) is 20.8 Å². The van der Waals surface area contributed by atoms with Crippen molar-refractivity contribution >= 4 is 40.3 Å². The summed E-state index contributed by atoms with van der Waals surface area (Å²) < 4.78 is 8.82. The Morgan fingerprint density at radius 1 is 1.19 bits per heavy atom. The maximum atomic E-state index is 6.94. The molecule has 0 unspecified atom stereocenters. The molecule has 0 aliphatic heterocycles. The summed E-state index contributed by atoms with van der Waals surface area (Å²) in [7, 11) is 9.03. The van der Waals surface area contributed by atoms with Crippen LogP contribution in [0.3, 0.4) is 0 Å². The predicted molar refractivity (Wildman–Crippen MR) is 128 cm³/mol. The van der Waals surface area contributed by atoms with Crippen molar-refractivity contribution < 1.29 is 23.3 Å². The molecule has 0 heterocycles. The molecule has 0 atom stereocenters. The first-order chi connectivity index (χ1) is 11.8. The first kappa shape index (κ1) is 32.0. The predicted octanol–water partition coefficient (Wildman–Crippen LogP) is 8.25. The van der Waals surface area contributed by atoms with Crippen LogP contribution in [0, 0.1) is 14.4 Å². The van der Waals surface area contributed by atoms with E-state index in [4.69, 9.17) is 27.2 Å². The molecule has 0 aliphatic rings. The second kappa shape index (κ2) is 17.2. The molecular weight excluding hydrogens is 472 g/mol. The molecule has 1 N–H and O–H groups in total. The summed E-state index contributed by atoms with van der Waals surface area (Å²) in [6.45, 7) is 16.6. The molecule has 6 heteroatoms. The van der Waals surface area contributed by atoms with E-state index in [-0.39, 0.29) is 13.0 Å². The van der Waals surface area contributed by atoms with Crippen LogP contribution in [-0.4, -0.2) is 24.7 Å². The fraction of sp³-hybridized carbons (Fsp3) is 0.429. The van der Waals surface area contributed by atoms with Crippen molar-refractivity contribution in [3.8, 4) is 0 Å². The van der Waals surface area contributed by atoms with Crippen LogP contribution < -0.4 is 0 Å². The number of benzene rings is 1. The van der Waals surface area contributed by atoms with E-state index >= 15 is 0 Å². The molecule has 0 saturated heterocycles. The second-order valence-corrected chi connectivity index (χ2v) is 20.3. The zero-order valence-corrected chi connectivity index (χ0v) is 23.0. The summed E-state index contributed by atoms with van der Waals surface area (Å²) in [5.41, 5.74) is 6.69. The summed E-state index contributed by atoms with van der Waals surface area (Å²) >= 11 is -1.85. The number of hydrogen-bond acceptors (Lipinski definition) is 1. The normalized spacial score (nSPS) is 10.1. The molecule has 0 aliphatic carbocycles. The maximum Gasteiger partial charge on any atom is -0.0809 e. The molecule has 0 amide bonds. The minimum atomic E-state index is -1.85. The number of halogens is 2. The van der Waals surface area contributed by atoms with E-state index in [2.05, 4.69) is 73.2 Å². The van der Waals surface area contributed by atoms with Crippen LogP contribution in [0.25, 0.3) is 16.5 Å². The van der Waals surface area contributed by atoms with Gasteiger partial charge in [-0.25, -0.2) is 0 Å². The van der Waals surface area contributed by atoms with Gasteiger partial charge in [-0.15, -0.1) is 35.2 Å². The molecule has 2 nitrogen and oxygen atoms in total. The van der Waals surface area contributed by atoms with E-state index in [9.17, 15) is 0 Å². The summed E-state index contributed by atoms with van der Waals surface area (Å²) in [5, 5.41) is 2.66. The van der Waals surface area contributed by atoms with E-state index in [1.165, 1.54) is 10.8 Å². The zero-order valence-electron chi connectivity index (χ0n) is 18.0. The molecule has 0 aromatic heterocycles. The molecule has 2 rings (SSSR count). The SMILES string of the molecule is CC(C)(C)[NH-].[CH2-]CCO[Si](C)(C)C.[CH2]=[Zr]([Cl])[Cl].[CH3-].c1ccc2[cH-]ccc2c1. The van der Waals surface area contributed by atoms with Crippen molar-refractivity contribution in [2.75, 3.05) is 6.61 Å². The van der Waals surface area contributed by atoms with E-state index in [0.717, 1.165) is 13.0 Å². The average molecular weight is 510 g/mol. The summed E-state index contributed by atoms with van der Waals surface area (Å²) in [6, 6.07) is 14.7. The van der Waals surface area contributed by atoms with Gasteiger partial charge in [-0.3, -0.25) is 0 Å². The maximum absolute atomic E-state index is 6.94. The summed E-state index contributed by atoms with van der Waals surface area (Å²) in [6.07, 6.45) is 0.893. The van der Waals surface area contributed by atoms with Gasteiger partial charge in [-0.05, 0) is 19.6 Å². The molecular formula is C21H37Cl2NOSiZr-4. The third-order valence-electron chi connectivity index (χ3n) is 2.23. The molecule has 2 aromatic rings. The first-order valence-electron chi connectivity index (χ1n) is 8.55. The Balaban J connectivity index is -0.000000297. The molecule has 0 saturated carbocycles. The molecule has 27 heavy (non-hydrogen) atoms.